The van der Waals surface area contributed by atoms with Crippen LogP contribution < -0.4 is 20.5 Å². The second kappa shape index (κ2) is 8.52. The van der Waals surface area contributed by atoms with Crippen LogP contribution >= 0.6 is 0 Å². The van der Waals surface area contributed by atoms with Crippen LogP contribution in [-0.4, -0.2) is 32.7 Å². The van der Waals surface area contributed by atoms with E-state index in [2.05, 4.69) is 5.32 Å². The van der Waals surface area contributed by atoms with Gasteiger partial charge in [0, 0.05) is 18.5 Å². The summed E-state index contributed by atoms with van der Waals surface area (Å²) in [5.41, 5.74) is 6.86. The van der Waals surface area contributed by atoms with Crippen molar-refractivity contribution in [2.75, 3.05) is 20.8 Å². The van der Waals surface area contributed by atoms with Gasteiger partial charge in [-0.15, -0.1) is 0 Å². The Bertz CT molecular complexity index is 461. The van der Waals surface area contributed by atoms with Crippen molar-refractivity contribution in [2.24, 2.45) is 11.7 Å². The lowest BCUT2D eigenvalue weighted by Crippen LogP contribution is -2.39. The van der Waals surface area contributed by atoms with Crippen molar-refractivity contribution in [3.8, 4) is 11.5 Å². The molecule has 0 heterocycles. The number of hydrogen-bond acceptors (Lipinski definition) is 4. The Labute approximate surface area is 126 Å². The lowest BCUT2D eigenvalue weighted by Gasteiger charge is -2.15. The Morgan fingerprint density at radius 3 is 2.48 bits per heavy atom. The normalized spacial score (nSPS) is 13.4. The van der Waals surface area contributed by atoms with Gasteiger partial charge in [0.25, 0.3) is 0 Å². The average Bonchev–Trinajstić information content (AvgIpc) is 2.49. The van der Waals surface area contributed by atoms with Crippen LogP contribution in [0, 0.1) is 5.92 Å². The molecule has 3 N–H and O–H groups in total. The van der Waals surface area contributed by atoms with Gasteiger partial charge >= 0.3 is 0 Å². The number of rotatable bonds is 8. The van der Waals surface area contributed by atoms with E-state index < -0.39 is 0 Å². The molecule has 0 aromatic heterocycles. The van der Waals surface area contributed by atoms with Gasteiger partial charge in [-0.2, -0.15) is 0 Å². The van der Waals surface area contributed by atoms with Crippen LogP contribution in [0.5, 0.6) is 11.5 Å². The van der Waals surface area contributed by atoms with Crippen LogP contribution in [0.15, 0.2) is 18.2 Å². The zero-order valence-corrected chi connectivity index (χ0v) is 13.3. The molecular formula is C16H26N2O3. The van der Waals surface area contributed by atoms with Gasteiger partial charge in [0.15, 0.2) is 11.5 Å². The van der Waals surface area contributed by atoms with E-state index in [1.54, 1.807) is 14.2 Å². The van der Waals surface area contributed by atoms with Crippen molar-refractivity contribution in [3.63, 3.8) is 0 Å². The summed E-state index contributed by atoms with van der Waals surface area (Å²) in [6, 6.07) is 5.74. The minimum atomic E-state index is -0.161. The summed E-state index contributed by atoms with van der Waals surface area (Å²) in [5, 5.41) is 2.91. The molecule has 0 spiro atoms. The summed E-state index contributed by atoms with van der Waals surface area (Å²) in [6.07, 6.45) is 1.74. The molecule has 0 aliphatic heterocycles. The quantitative estimate of drug-likeness (QED) is 0.716. The number of ether oxygens (including phenoxy) is 2. The van der Waals surface area contributed by atoms with Crippen molar-refractivity contribution in [3.05, 3.63) is 23.8 Å². The van der Waals surface area contributed by atoms with Crippen LogP contribution in [0.25, 0.3) is 0 Å². The largest absolute Gasteiger partial charge is 0.493 e. The molecule has 0 aliphatic carbocycles. The first kappa shape index (κ1) is 17.3. The number of aryl methyl sites for hydroxylation is 1. The molecule has 0 saturated heterocycles. The maximum absolute atomic E-state index is 11.8. The number of hydrogen-bond donors (Lipinski definition) is 2. The summed E-state index contributed by atoms with van der Waals surface area (Å²) >= 11 is 0. The first-order valence-corrected chi connectivity index (χ1v) is 7.23. The molecule has 1 rings (SSSR count). The fraction of sp³-hybridized carbons (Fsp3) is 0.562. The van der Waals surface area contributed by atoms with Crippen molar-refractivity contribution >= 4 is 5.91 Å². The van der Waals surface area contributed by atoms with Crippen LogP contribution in [0.4, 0.5) is 0 Å². The zero-order chi connectivity index (χ0) is 15.8. The number of nitrogens with one attached hydrogen (secondary N) is 1. The highest BCUT2D eigenvalue weighted by atomic mass is 16.5. The Morgan fingerprint density at radius 2 is 1.90 bits per heavy atom. The van der Waals surface area contributed by atoms with Crippen molar-refractivity contribution in [1.82, 2.24) is 5.32 Å². The number of carbonyl (C=O) groups is 1. The first-order chi connectivity index (χ1) is 9.99. The lowest BCUT2D eigenvalue weighted by atomic mass is 10.0. The molecule has 0 fully saturated rings. The van der Waals surface area contributed by atoms with Crippen LogP contribution in [0.2, 0.25) is 0 Å². The smallest absolute Gasteiger partial charge is 0.224 e. The lowest BCUT2D eigenvalue weighted by molar-refractivity contribution is -0.124. The number of methoxy groups -OCH3 is 2. The summed E-state index contributed by atoms with van der Waals surface area (Å²) < 4.78 is 10.5. The zero-order valence-electron chi connectivity index (χ0n) is 13.3. The van der Waals surface area contributed by atoms with Crippen molar-refractivity contribution < 1.29 is 14.3 Å². The molecule has 2 unspecified atom stereocenters. The Kier molecular flexibility index (Phi) is 7.02. The van der Waals surface area contributed by atoms with E-state index in [9.17, 15) is 4.79 Å². The second-order valence-corrected chi connectivity index (χ2v) is 5.23. The van der Waals surface area contributed by atoms with Gasteiger partial charge in [-0.05, 0) is 37.5 Å². The van der Waals surface area contributed by atoms with E-state index in [1.165, 1.54) is 0 Å². The van der Waals surface area contributed by atoms with Gasteiger partial charge in [-0.3, -0.25) is 4.79 Å². The molecule has 118 valence electrons. The average molecular weight is 294 g/mol. The minimum Gasteiger partial charge on any atom is -0.493 e. The molecule has 0 saturated carbocycles. The molecule has 21 heavy (non-hydrogen) atoms. The maximum Gasteiger partial charge on any atom is 0.224 e. The molecule has 2 atom stereocenters. The topological polar surface area (TPSA) is 73.6 Å². The van der Waals surface area contributed by atoms with E-state index >= 15 is 0 Å². The summed E-state index contributed by atoms with van der Waals surface area (Å²) in [6.45, 7) is 4.33. The molecule has 1 aromatic rings. The monoisotopic (exact) mass is 294 g/mol. The van der Waals surface area contributed by atoms with Gasteiger partial charge < -0.3 is 20.5 Å². The maximum atomic E-state index is 11.8. The molecule has 5 nitrogen and oxygen atoms in total. The fourth-order valence-corrected chi connectivity index (χ4v) is 1.94. The highest BCUT2D eigenvalue weighted by molar-refractivity contribution is 5.78. The van der Waals surface area contributed by atoms with E-state index in [0.29, 0.717) is 6.54 Å². The van der Waals surface area contributed by atoms with Crippen molar-refractivity contribution in [1.29, 1.82) is 0 Å². The Hall–Kier alpha value is -1.75. The van der Waals surface area contributed by atoms with E-state index in [-0.39, 0.29) is 17.9 Å². The first-order valence-electron chi connectivity index (χ1n) is 7.23. The summed E-state index contributed by atoms with van der Waals surface area (Å²) in [5.74, 6) is 1.30. The van der Waals surface area contributed by atoms with E-state index in [0.717, 1.165) is 29.9 Å². The van der Waals surface area contributed by atoms with Gasteiger partial charge in [-0.1, -0.05) is 13.0 Å². The molecule has 0 bridgehead atoms. The van der Waals surface area contributed by atoms with Gasteiger partial charge in [0.05, 0.1) is 14.2 Å². The third kappa shape index (κ3) is 5.27. The third-order valence-electron chi connectivity index (χ3n) is 3.59. The Balaban J connectivity index is 2.41. The van der Waals surface area contributed by atoms with Gasteiger partial charge in [0.2, 0.25) is 5.91 Å². The summed E-state index contributed by atoms with van der Waals surface area (Å²) in [7, 11) is 3.24. The minimum absolute atomic E-state index is 0.0114. The molecular weight excluding hydrogens is 268 g/mol. The fourth-order valence-electron chi connectivity index (χ4n) is 1.94. The van der Waals surface area contributed by atoms with E-state index in [4.69, 9.17) is 15.2 Å². The number of nitrogens with two attached hydrogens (primary N) is 1. The Morgan fingerprint density at radius 1 is 1.24 bits per heavy atom. The predicted molar refractivity (Wildman–Crippen MR) is 83.7 cm³/mol. The highest BCUT2D eigenvalue weighted by Crippen LogP contribution is 2.27. The third-order valence-corrected chi connectivity index (χ3v) is 3.59. The number of carbonyl (C=O) groups excluding carboxylic acids is 1. The number of amides is 1. The molecule has 0 radical (unpaired) electrons. The molecule has 5 heteroatoms. The van der Waals surface area contributed by atoms with Gasteiger partial charge in [0.1, 0.15) is 0 Å². The standard InChI is InChI=1S/C16H26N2O3/c1-11(12(2)17)16(19)18-9-5-6-13-7-8-14(20-3)15(10-13)21-4/h7-8,10-12H,5-6,9,17H2,1-4H3,(H,18,19). The van der Waals surface area contributed by atoms with E-state index in [1.807, 2.05) is 32.0 Å². The number of benzene rings is 1. The SMILES string of the molecule is COc1ccc(CCCNC(=O)C(C)C(C)N)cc1OC. The molecule has 0 aliphatic rings. The van der Waals surface area contributed by atoms with Crippen LogP contribution in [0.3, 0.4) is 0 Å². The summed E-state index contributed by atoms with van der Waals surface area (Å²) in [4.78, 5) is 11.8. The molecule has 1 aromatic carbocycles. The van der Waals surface area contributed by atoms with Crippen LogP contribution in [-0.2, 0) is 11.2 Å². The molecule has 1 amide bonds. The highest BCUT2D eigenvalue weighted by Gasteiger charge is 2.15. The van der Waals surface area contributed by atoms with Gasteiger partial charge in [-0.25, -0.2) is 0 Å². The second-order valence-electron chi connectivity index (χ2n) is 5.23. The predicted octanol–water partition coefficient (Wildman–Crippen LogP) is 1.74. The van der Waals surface area contributed by atoms with Crippen LogP contribution in [0.1, 0.15) is 25.8 Å². The van der Waals surface area contributed by atoms with Crippen molar-refractivity contribution in [2.45, 2.75) is 32.7 Å².